The summed E-state index contributed by atoms with van der Waals surface area (Å²) in [6.07, 6.45) is 0.974. The smallest absolute Gasteiger partial charge is 0.296 e. The van der Waals surface area contributed by atoms with E-state index in [1.807, 2.05) is 12.1 Å². The monoisotopic (exact) mass is 375 g/mol. The molecule has 0 unspecified atom stereocenters. The van der Waals surface area contributed by atoms with Crippen LogP contribution in [0.2, 0.25) is 0 Å². The lowest BCUT2D eigenvalue weighted by molar-refractivity contribution is 0.132. The maximum atomic E-state index is 12.4. The Morgan fingerprint density at radius 2 is 1.77 bits per heavy atom. The SMILES string of the molecule is COc1ccc([C@H]2CCN(C)C[C@@H]2COS(=O)(=O)c2ccccc2)cc1. The first-order valence-electron chi connectivity index (χ1n) is 8.76. The standard InChI is InChI=1S/C20H25NO4S/c1-21-13-12-20(16-8-10-18(24-2)11-9-16)17(14-21)15-25-26(22,23)19-6-4-3-5-7-19/h3-11,17,20H,12-15H2,1-2H3/t17-,20-/m1/s1. The van der Waals surface area contributed by atoms with Crippen LogP contribution in [0, 0.1) is 5.92 Å². The van der Waals surface area contributed by atoms with Crippen LogP contribution in [0.3, 0.4) is 0 Å². The lowest BCUT2D eigenvalue weighted by Gasteiger charge is -2.36. The number of hydrogen-bond donors (Lipinski definition) is 0. The Morgan fingerprint density at radius 1 is 1.08 bits per heavy atom. The second-order valence-electron chi connectivity index (χ2n) is 6.74. The molecule has 1 fully saturated rings. The first kappa shape index (κ1) is 18.9. The van der Waals surface area contributed by atoms with Gasteiger partial charge in [-0.1, -0.05) is 30.3 Å². The zero-order valence-electron chi connectivity index (χ0n) is 15.2. The normalized spacial score (nSPS) is 21.5. The first-order chi connectivity index (χ1) is 12.5. The van der Waals surface area contributed by atoms with E-state index in [-0.39, 0.29) is 23.3 Å². The topological polar surface area (TPSA) is 55.8 Å². The van der Waals surface area contributed by atoms with Crippen LogP contribution in [0.1, 0.15) is 17.9 Å². The molecule has 0 radical (unpaired) electrons. The van der Waals surface area contributed by atoms with Crippen molar-refractivity contribution >= 4 is 10.1 Å². The fourth-order valence-electron chi connectivity index (χ4n) is 3.51. The van der Waals surface area contributed by atoms with Crippen LogP contribution in [0.25, 0.3) is 0 Å². The fourth-order valence-corrected chi connectivity index (χ4v) is 4.49. The molecular formula is C20H25NO4S. The van der Waals surface area contributed by atoms with Gasteiger partial charge in [0.05, 0.1) is 18.6 Å². The molecule has 0 bridgehead atoms. The molecule has 0 saturated carbocycles. The van der Waals surface area contributed by atoms with E-state index >= 15 is 0 Å². The van der Waals surface area contributed by atoms with E-state index in [4.69, 9.17) is 8.92 Å². The Bertz CT molecular complexity index is 805. The molecule has 1 aliphatic heterocycles. The van der Waals surface area contributed by atoms with Crippen molar-refractivity contribution in [3.8, 4) is 5.75 Å². The van der Waals surface area contributed by atoms with Crippen LogP contribution in [0.5, 0.6) is 5.75 Å². The summed E-state index contributed by atoms with van der Waals surface area (Å²) >= 11 is 0. The number of ether oxygens (including phenoxy) is 1. The van der Waals surface area contributed by atoms with Crippen molar-refractivity contribution in [2.45, 2.75) is 17.2 Å². The van der Waals surface area contributed by atoms with Gasteiger partial charge >= 0.3 is 0 Å². The number of nitrogens with zero attached hydrogens (tertiary/aromatic N) is 1. The summed E-state index contributed by atoms with van der Waals surface area (Å²) in [7, 11) is -0.0250. The minimum atomic E-state index is -3.73. The van der Waals surface area contributed by atoms with Gasteiger partial charge in [-0.3, -0.25) is 4.18 Å². The summed E-state index contributed by atoms with van der Waals surface area (Å²) in [5.74, 6) is 1.20. The number of likely N-dealkylation sites (tertiary alicyclic amines) is 1. The van der Waals surface area contributed by atoms with Crippen molar-refractivity contribution < 1.29 is 17.3 Å². The Morgan fingerprint density at radius 3 is 2.42 bits per heavy atom. The third-order valence-corrected chi connectivity index (χ3v) is 6.25. The lowest BCUT2D eigenvalue weighted by atomic mass is 9.81. The van der Waals surface area contributed by atoms with Crippen LogP contribution in [0.15, 0.2) is 59.5 Å². The van der Waals surface area contributed by atoms with E-state index < -0.39 is 10.1 Å². The van der Waals surface area contributed by atoms with Crippen molar-refractivity contribution in [2.24, 2.45) is 5.92 Å². The van der Waals surface area contributed by atoms with Crippen LogP contribution in [-0.2, 0) is 14.3 Å². The second kappa shape index (κ2) is 8.20. The molecule has 1 saturated heterocycles. The molecule has 2 aromatic rings. The third kappa shape index (κ3) is 4.44. The number of rotatable bonds is 6. The third-order valence-electron chi connectivity index (χ3n) is 4.95. The predicted molar refractivity (Wildman–Crippen MR) is 101 cm³/mol. The summed E-state index contributed by atoms with van der Waals surface area (Å²) in [4.78, 5) is 2.42. The summed E-state index contributed by atoms with van der Waals surface area (Å²) < 4.78 is 35.5. The van der Waals surface area contributed by atoms with Crippen LogP contribution >= 0.6 is 0 Å². The molecular weight excluding hydrogens is 350 g/mol. The summed E-state index contributed by atoms with van der Waals surface area (Å²) in [6.45, 7) is 1.97. The zero-order valence-corrected chi connectivity index (χ0v) is 16.0. The fraction of sp³-hybridized carbons (Fsp3) is 0.400. The van der Waals surface area contributed by atoms with Gasteiger partial charge in [0.1, 0.15) is 5.75 Å². The van der Waals surface area contributed by atoms with Gasteiger partial charge in [0.15, 0.2) is 0 Å². The van der Waals surface area contributed by atoms with Gasteiger partial charge in [0, 0.05) is 12.5 Å². The van der Waals surface area contributed by atoms with Crippen LogP contribution in [-0.4, -0.2) is 47.2 Å². The molecule has 1 aliphatic rings. The molecule has 0 aliphatic carbocycles. The van der Waals surface area contributed by atoms with Crippen molar-refractivity contribution in [1.29, 1.82) is 0 Å². The van der Waals surface area contributed by atoms with Crippen molar-refractivity contribution in [1.82, 2.24) is 4.90 Å². The first-order valence-corrected chi connectivity index (χ1v) is 10.2. The van der Waals surface area contributed by atoms with Gasteiger partial charge in [0.25, 0.3) is 10.1 Å². The molecule has 3 rings (SSSR count). The van der Waals surface area contributed by atoms with Gasteiger partial charge in [-0.05, 0) is 55.8 Å². The number of hydrogen-bond acceptors (Lipinski definition) is 5. The average Bonchev–Trinajstić information content (AvgIpc) is 2.67. The minimum absolute atomic E-state index is 0.112. The average molecular weight is 375 g/mol. The minimum Gasteiger partial charge on any atom is -0.497 e. The Labute approximate surface area is 155 Å². The molecule has 26 heavy (non-hydrogen) atoms. The highest BCUT2D eigenvalue weighted by Crippen LogP contribution is 2.34. The van der Waals surface area contributed by atoms with Crippen molar-refractivity contribution in [2.75, 3.05) is 33.9 Å². The molecule has 0 spiro atoms. The molecule has 0 aromatic heterocycles. The van der Waals surface area contributed by atoms with Crippen molar-refractivity contribution in [3.05, 3.63) is 60.2 Å². The molecule has 140 valence electrons. The Hall–Kier alpha value is -1.89. The lowest BCUT2D eigenvalue weighted by Crippen LogP contribution is -2.39. The van der Waals surface area contributed by atoms with E-state index in [0.29, 0.717) is 0 Å². The summed E-state index contributed by atoms with van der Waals surface area (Å²) in [5, 5.41) is 0. The molecule has 5 nitrogen and oxygen atoms in total. The van der Waals surface area contributed by atoms with Gasteiger partial charge in [-0.15, -0.1) is 0 Å². The largest absolute Gasteiger partial charge is 0.497 e. The Balaban J connectivity index is 1.74. The van der Waals surface area contributed by atoms with E-state index in [0.717, 1.165) is 25.3 Å². The maximum Gasteiger partial charge on any atom is 0.296 e. The highest BCUT2D eigenvalue weighted by molar-refractivity contribution is 7.86. The molecule has 0 N–H and O–H groups in total. The highest BCUT2D eigenvalue weighted by Gasteiger charge is 2.31. The van der Waals surface area contributed by atoms with Gasteiger partial charge in [-0.2, -0.15) is 8.42 Å². The van der Waals surface area contributed by atoms with Gasteiger partial charge < -0.3 is 9.64 Å². The molecule has 2 atom stereocenters. The zero-order chi connectivity index (χ0) is 18.6. The quantitative estimate of drug-likeness (QED) is 0.726. The number of methoxy groups -OCH3 is 1. The number of piperidine rings is 1. The molecule has 6 heteroatoms. The highest BCUT2D eigenvalue weighted by atomic mass is 32.2. The van der Waals surface area contributed by atoms with E-state index in [2.05, 4.69) is 24.1 Å². The van der Waals surface area contributed by atoms with E-state index in [9.17, 15) is 8.42 Å². The van der Waals surface area contributed by atoms with Gasteiger partial charge in [-0.25, -0.2) is 0 Å². The molecule has 2 aromatic carbocycles. The molecule has 0 amide bonds. The van der Waals surface area contributed by atoms with Crippen LogP contribution < -0.4 is 4.74 Å². The second-order valence-corrected chi connectivity index (χ2v) is 8.36. The van der Waals surface area contributed by atoms with Crippen LogP contribution in [0.4, 0.5) is 0 Å². The van der Waals surface area contributed by atoms with Crippen molar-refractivity contribution in [3.63, 3.8) is 0 Å². The molecule has 1 heterocycles. The van der Waals surface area contributed by atoms with E-state index in [1.165, 1.54) is 5.56 Å². The number of benzene rings is 2. The maximum absolute atomic E-state index is 12.4. The van der Waals surface area contributed by atoms with Gasteiger partial charge in [0.2, 0.25) is 0 Å². The predicted octanol–water partition coefficient (Wildman–Crippen LogP) is 3.14. The van der Waals surface area contributed by atoms with E-state index in [1.54, 1.807) is 37.4 Å². The Kier molecular flexibility index (Phi) is 5.96. The summed E-state index contributed by atoms with van der Waals surface area (Å²) in [5.41, 5.74) is 1.20. The summed E-state index contributed by atoms with van der Waals surface area (Å²) in [6, 6.07) is 16.3.